The molecular formula is C11H12BrNO2S. The van der Waals surface area contributed by atoms with E-state index in [0.29, 0.717) is 17.8 Å². The second-order valence-electron chi connectivity index (χ2n) is 3.94. The molecule has 1 aliphatic heterocycles. The van der Waals surface area contributed by atoms with Gasteiger partial charge in [-0.3, -0.25) is 9.59 Å². The van der Waals surface area contributed by atoms with Crippen molar-refractivity contribution in [2.45, 2.75) is 19.8 Å². The molecule has 1 fully saturated rings. The number of thiophene rings is 1. The van der Waals surface area contributed by atoms with Gasteiger partial charge in [-0.2, -0.15) is 0 Å². The Morgan fingerprint density at radius 2 is 2.31 bits per heavy atom. The summed E-state index contributed by atoms with van der Waals surface area (Å²) in [4.78, 5) is 25.7. The van der Waals surface area contributed by atoms with Crippen LogP contribution in [0.25, 0.3) is 0 Å². The summed E-state index contributed by atoms with van der Waals surface area (Å²) in [5, 5.41) is 0. The maximum Gasteiger partial charge on any atom is 0.264 e. The first-order valence-corrected chi connectivity index (χ1v) is 6.76. The Morgan fingerprint density at radius 1 is 1.56 bits per heavy atom. The van der Waals surface area contributed by atoms with Crippen LogP contribution in [-0.2, 0) is 4.79 Å². The number of likely N-dealkylation sites (tertiary alicyclic amines) is 1. The summed E-state index contributed by atoms with van der Waals surface area (Å²) in [5.74, 6) is 0.138. The smallest absolute Gasteiger partial charge is 0.264 e. The molecule has 0 spiro atoms. The highest BCUT2D eigenvalue weighted by Crippen LogP contribution is 2.28. The summed E-state index contributed by atoms with van der Waals surface area (Å²) in [6.07, 6.45) is 1.40. The van der Waals surface area contributed by atoms with Crippen LogP contribution in [0.3, 0.4) is 0 Å². The number of amides is 1. The van der Waals surface area contributed by atoms with Crippen LogP contribution in [0.15, 0.2) is 9.85 Å². The normalized spacial score (nSPS) is 16.6. The first-order chi connectivity index (χ1) is 7.58. The van der Waals surface area contributed by atoms with E-state index in [1.165, 1.54) is 11.3 Å². The molecule has 0 aliphatic carbocycles. The fourth-order valence-electron chi connectivity index (χ4n) is 1.73. The highest BCUT2D eigenvalue weighted by Gasteiger charge is 2.23. The first kappa shape index (κ1) is 11.8. The average molecular weight is 302 g/mol. The lowest BCUT2D eigenvalue weighted by Gasteiger charge is -2.25. The molecule has 0 aromatic carbocycles. The van der Waals surface area contributed by atoms with Crippen LogP contribution in [0.1, 0.15) is 28.1 Å². The van der Waals surface area contributed by atoms with Crippen molar-refractivity contribution in [3.05, 3.63) is 20.3 Å². The van der Waals surface area contributed by atoms with Crippen molar-refractivity contribution in [2.75, 3.05) is 13.1 Å². The first-order valence-electron chi connectivity index (χ1n) is 5.15. The van der Waals surface area contributed by atoms with Gasteiger partial charge < -0.3 is 4.90 Å². The van der Waals surface area contributed by atoms with Crippen molar-refractivity contribution in [2.24, 2.45) is 0 Å². The van der Waals surface area contributed by atoms with E-state index in [9.17, 15) is 9.59 Å². The number of hydrogen-bond donors (Lipinski definition) is 0. The van der Waals surface area contributed by atoms with E-state index in [4.69, 9.17) is 0 Å². The predicted octanol–water partition coefficient (Wildman–Crippen LogP) is 2.62. The molecule has 1 aromatic rings. The van der Waals surface area contributed by atoms with Gasteiger partial charge in [0.25, 0.3) is 5.91 Å². The van der Waals surface area contributed by atoms with Crippen LogP contribution in [0.2, 0.25) is 0 Å². The number of halogens is 1. The van der Waals surface area contributed by atoms with Crippen LogP contribution in [0, 0.1) is 6.92 Å². The molecule has 0 bridgehead atoms. The lowest BCUT2D eigenvalue weighted by molar-refractivity contribution is -0.121. The van der Waals surface area contributed by atoms with Crippen molar-refractivity contribution in [1.29, 1.82) is 0 Å². The van der Waals surface area contributed by atoms with Gasteiger partial charge in [0.1, 0.15) is 0 Å². The fourth-order valence-corrected chi connectivity index (χ4v) is 3.24. The Balaban J connectivity index is 2.15. The molecule has 1 saturated heterocycles. The third-order valence-corrected chi connectivity index (χ3v) is 4.73. The molecule has 86 valence electrons. The quantitative estimate of drug-likeness (QED) is 0.799. The van der Waals surface area contributed by atoms with Gasteiger partial charge in [-0.1, -0.05) is 0 Å². The molecule has 0 saturated carbocycles. The van der Waals surface area contributed by atoms with Crippen LogP contribution in [-0.4, -0.2) is 29.7 Å². The van der Waals surface area contributed by atoms with Crippen molar-refractivity contribution < 1.29 is 9.59 Å². The molecule has 1 aliphatic rings. The maximum atomic E-state index is 12.1. The van der Waals surface area contributed by atoms with E-state index in [0.717, 1.165) is 15.8 Å². The fraction of sp³-hybridized carbons (Fsp3) is 0.455. The highest BCUT2D eigenvalue weighted by atomic mass is 79.9. The number of ketones is 1. The standard InChI is InChI=1S/C11H12BrNO2S/c1-7-5-9(16-10(7)12)11(15)13-4-2-3-8(14)6-13/h5H,2-4,6H2,1H3. The molecule has 0 radical (unpaired) electrons. The van der Waals surface area contributed by atoms with Gasteiger partial charge in [0.15, 0.2) is 5.78 Å². The minimum atomic E-state index is -0.0214. The van der Waals surface area contributed by atoms with Crippen LogP contribution in [0.5, 0.6) is 0 Å². The van der Waals surface area contributed by atoms with E-state index < -0.39 is 0 Å². The second kappa shape index (κ2) is 4.67. The zero-order valence-corrected chi connectivity index (χ0v) is 11.4. The van der Waals surface area contributed by atoms with Crippen molar-refractivity contribution in [3.8, 4) is 0 Å². The molecule has 0 atom stereocenters. The maximum absolute atomic E-state index is 12.1. The number of aryl methyl sites for hydroxylation is 1. The summed E-state index contributed by atoms with van der Waals surface area (Å²) in [6, 6.07) is 1.87. The van der Waals surface area contributed by atoms with Crippen LogP contribution < -0.4 is 0 Å². The Labute approximate surface area is 107 Å². The number of Topliss-reactive ketones (excluding diaryl/α,β-unsaturated/α-hetero) is 1. The average Bonchev–Trinajstić information content (AvgIpc) is 2.58. The van der Waals surface area contributed by atoms with E-state index in [2.05, 4.69) is 15.9 Å². The molecule has 2 rings (SSSR count). The zero-order chi connectivity index (χ0) is 11.7. The Morgan fingerprint density at radius 3 is 2.88 bits per heavy atom. The summed E-state index contributed by atoms with van der Waals surface area (Å²) < 4.78 is 0.985. The largest absolute Gasteiger partial charge is 0.331 e. The second-order valence-corrected chi connectivity index (χ2v) is 6.31. The van der Waals surface area contributed by atoms with Crippen LogP contribution in [0.4, 0.5) is 0 Å². The predicted molar refractivity (Wildman–Crippen MR) is 66.9 cm³/mol. The van der Waals surface area contributed by atoms with Gasteiger partial charge in [-0.25, -0.2) is 0 Å². The Hall–Kier alpha value is -0.680. The van der Waals surface area contributed by atoms with Crippen molar-refractivity contribution in [3.63, 3.8) is 0 Å². The molecule has 0 unspecified atom stereocenters. The van der Waals surface area contributed by atoms with Crippen LogP contribution >= 0.6 is 27.3 Å². The SMILES string of the molecule is Cc1cc(C(=O)N2CCCC(=O)C2)sc1Br. The Bertz CT molecular complexity index is 422. The summed E-state index contributed by atoms with van der Waals surface area (Å²) in [7, 11) is 0. The molecule has 3 nitrogen and oxygen atoms in total. The van der Waals surface area contributed by atoms with Gasteiger partial charge >= 0.3 is 0 Å². The van der Waals surface area contributed by atoms with Gasteiger partial charge in [0.2, 0.25) is 0 Å². The highest BCUT2D eigenvalue weighted by molar-refractivity contribution is 9.11. The van der Waals surface area contributed by atoms with Crippen molar-refractivity contribution in [1.82, 2.24) is 4.90 Å². The minimum absolute atomic E-state index is 0.0214. The number of carbonyl (C=O) groups is 2. The van der Waals surface area contributed by atoms with Gasteiger partial charge in [0.05, 0.1) is 15.2 Å². The van der Waals surface area contributed by atoms with E-state index in [1.54, 1.807) is 4.90 Å². The topological polar surface area (TPSA) is 37.4 Å². The third-order valence-electron chi connectivity index (χ3n) is 2.61. The van der Waals surface area contributed by atoms with Gasteiger partial charge in [0, 0.05) is 13.0 Å². The monoisotopic (exact) mass is 301 g/mol. The number of carbonyl (C=O) groups excluding carboxylic acids is 2. The molecule has 5 heteroatoms. The molecule has 1 aromatic heterocycles. The van der Waals surface area contributed by atoms with Crippen molar-refractivity contribution >= 4 is 39.0 Å². The number of hydrogen-bond acceptors (Lipinski definition) is 3. The summed E-state index contributed by atoms with van der Waals surface area (Å²) in [5.41, 5.74) is 1.07. The molecule has 0 N–H and O–H groups in total. The molecule has 16 heavy (non-hydrogen) atoms. The van der Waals surface area contributed by atoms with E-state index in [-0.39, 0.29) is 18.2 Å². The summed E-state index contributed by atoms with van der Waals surface area (Å²) >= 11 is 4.83. The van der Waals surface area contributed by atoms with Gasteiger partial charge in [-0.15, -0.1) is 11.3 Å². The molecule has 1 amide bonds. The number of piperidine rings is 1. The van der Waals surface area contributed by atoms with E-state index >= 15 is 0 Å². The van der Waals surface area contributed by atoms with E-state index in [1.807, 2.05) is 13.0 Å². The zero-order valence-electron chi connectivity index (χ0n) is 8.96. The Kier molecular flexibility index (Phi) is 3.44. The third kappa shape index (κ3) is 2.35. The molecule has 2 heterocycles. The summed E-state index contributed by atoms with van der Waals surface area (Å²) in [6.45, 7) is 2.92. The number of rotatable bonds is 1. The minimum Gasteiger partial charge on any atom is -0.331 e. The molecular weight excluding hydrogens is 290 g/mol. The van der Waals surface area contributed by atoms with Gasteiger partial charge in [-0.05, 0) is 40.9 Å². The number of nitrogens with zero attached hydrogens (tertiary/aromatic N) is 1. The lowest BCUT2D eigenvalue weighted by atomic mass is 10.1. The lowest BCUT2D eigenvalue weighted by Crippen LogP contribution is -2.39.